The summed E-state index contributed by atoms with van der Waals surface area (Å²) in [6, 6.07) is 128. The van der Waals surface area contributed by atoms with Crippen LogP contribution >= 0.6 is 0 Å². The van der Waals surface area contributed by atoms with Crippen LogP contribution in [0, 0.1) is 0 Å². The lowest BCUT2D eigenvalue weighted by atomic mass is 10.0. The predicted molar refractivity (Wildman–Crippen MR) is 445 cm³/mol. The number of para-hydroxylation sites is 6. The number of aromatic nitrogens is 5. The van der Waals surface area contributed by atoms with Gasteiger partial charge < -0.3 is 27.0 Å². The third kappa shape index (κ3) is 9.43. The lowest BCUT2D eigenvalue weighted by molar-refractivity contribution is 0.668. The van der Waals surface area contributed by atoms with Crippen LogP contribution in [0.2, 0.25) is 0 Å². The SMILES string of the molecule is c1ccc2c(c1)oc1cc(-c3ccc4c5ccccc5n(-c5ccc(-c6ccc(-c7cc(-c8ccc(-n9c%10ccccc%10c%10ccc(-c%11ccc%12c(c%11)oc%11ccccc%11%12)cc%109)cc8)nc(-c8ccc(-n9c%10ccccc%10c%10ccc(-c%11ccc%12c(c%11)oc%11ccccc%11%12)cc%109)cc8)n7)cc6)cc5)c4c3)ccc12. The highest BCUT2D eigenvalue weighted by molar-refractivity contribution is 6.15. The summed E-state index contributed by atoms with van der Waals surface area (Å²) >= 11 is 0. The Bertz CT molecular complexity index is 7360. The Kier molecular flexibility index (Phi) is 13.0. The zero-order valence-corrected chi connectivity index (χ0v) is 58.0. The van der Waals surface area contributed by atoms with Crippen molar-refractivity contribution in [1.82, 2.24) is 23.7 Å². The van der Waals surface area contributed by atoms with Crippen molar-refractivity contribution in [3.63, 3.8) is 0 Å². The summed E-state index contributed by atoms with van der Waals surface area (Å²) in [7, 11) is 0. The van der Waals surface area contributed by atoms with Crippen LogP contribution in [0.1, 0.15) is 0 Å². The molecule has 0 bridgehead atoms. The number of fused-ring (bicyclic) bond motifs is 18. The van der Waals surface area contributed by atoms with E-state index in [0.29, 0.717) is 5.82 Å². The molecule has 0 fully saturated rings. The van der Waals surface area contributed by atoms with E-state index in [1.165, 1.54) is 32.3 Å². The second-order valence-electron chi connectivity index (χ2n) is 28.4. The average molecular weight is 1380 g/mol. The summed E-state index contributed by atoms with van der Waals surface area (Å²) in [5, 5.41) is 13.9. The van der Waals surface area contributed by atoms with Gasteiger partial charge in [0, 0.05) is 98.4 Å². The molecular formula is C100H59N5O3. The van der Waals surface area contributed by atoms with Gasteiger partial charge in [-0.15, -0.1) is 0 Å². The Morgan fingerprint density at radius 2 is 0.407 bits per heavy atom. The van der Waals surface area contributed by atoms with Gasteiger partial charge in [0.15, 0.2) is 5.82 Å². The molecule has 23 rings (SSSR count). The van der Waals surface area contributed by atoms with Crippen molar-refractivity contribution < 1.29 is 13.3 Å². The smallest absolute Gasteiger partial charge is 0.160 e. The van der Waals surface area contributed by atoms with Gasteiger partial charge in [0.05, 0.1) is 44.5 Å². The number of rotatable bonds is 10. The standard InChI is InChI=1S/C100H59N5O3/c1-7-19-88-74(13-1)77-47-35-65(68-38-50-83-80-16-4-10-22-94(80)106-97(83)56-68)53-91(77)103(88)71-41-29-61(30-42-71)60-25-27-62(28-26-60)86-59-87(63-31-43-72(44-32-63)104-89-20-8-2-14-75(89)78-48-36-66(54-92(78)104)69-39-51-84-81-17-5-11-23-95(81)107-98(84)57-69)102-100(101-86)64-33-45-73(46-34-64)105-90-21-9-3-15-76(90)79-49-37-67(55-93(79)105)70-40-52-85-82-18-6-12-24-96(82)108-99(85)58-70/h1-59H. The monoisotopic (exact) mass is 1380 g/mol. The van der Waals surface area contributed by atoms with Gasteiger partial charge in [0.2, 0.25) is 0 Å². The molecule has 0 amide bonds. The second kappa shape index (κ2) is 23.5. The van der Waals surface area contributed by atoms with Crippen LogP contribution in [0.4, 0.5) is 0 Å². The van der Waals surface area contributed by atoms with Crippen molar-refractivity contribution in [3.8, 4) is 95.5 Å². The molecule has 0 spiro atoms. The number of benzene rings is 16. The van der Waals surface area contributed by atoms with Gasteiger partial charge in [-0.2, -0.15) is 0 Å². The second-order valence-corrected chi connectivity index (χ2v) is 28.4. The first-order valence-corrected chi connectivity index (χ1v) is 36.6. The van der Waals surface area contributed by atoms with Crippen LogP contribution in [0.25, 0.3) is 227 Å². The summed E-state index contributed by atoms with van der Waals surface area (Å²) < 4.78 is 26.3. The molecule has 7 heterocycles. The zero-order chi connectivity index (χ0) is 70.7. The molecule has 0 aliphatic rings. The topological polar surface area (TPSA) is 80.0 Å². The van der Waals surface area contributed by atoms with E-state index < -0.39 is 0 Å². The van der Waals surface area contributed by atoms with E-state index in [1.807, 2.05) is 36.4 Å². The van der Waals surface area contributed by atoms with E-state index in [9.17, 15) is 0 Å². The molecule has 16 aromatic carbocycles. The molecular weight excluding hydrogens is 1320 g/mol. The number of nitrogens with zero attached hydrogens (tertiary/aromatic N) is 5. The lowest BCUT2D eigenvalue weighted by Crippen LogP contribution is -1.98. The van der Waals surface area contributed by atoms with E-state index in [-0.39, 0.29) is 0 Å². The van der Waals surface area contributed by atoms with Crippen molar-refractivity contribution in [3.05, 3.63) is 358 Å². The molecule has 502 valence electrons. The minimum atomic E-state index is 0.628. The van der Waals surface area contributed by atoms with Gasteiger partial charge in [-0.25, -0.2) is 9.97 Å². The number of furan rings is 3. The van der Waals surface area contributed by atoms with Crippen molar-refractivity contribution in [2.45, 2.75) is 0 Å². The highest BCUT2D eigenvalue weighted by atomic mass is 16.3. The fourth-order valence-electron chi connectivity index (χ4n) is 17.1. The Hall–Kier alpha value is -14.6. The largest absolute Gasteiger partial charge is 0.456 e. The van der Waals surface area contributed by atoms with Crippen LogP contribution in [0.5, 0.6) is 0 Å². The van der Waals surface area contributed by atoms with E-state index in [0.717, 1.165) is 189 Å². The van der Waals surface area contributed by atoms with Crippen molar-refractivity contribution in [2.24, 2.45) is 0 Å². The maximum absolute atomic E-state index is 6.39. The third-order valence-corrected chi connectivity index (χ3v) is 22.3. The molecule has 0 N–H and O–H groups in total. The minimum Gasteiger partial charge on any atom is -0.456 e. The number of hydrogen-bond acceptors (Lipinski definition) is 5. The highest BCUT2D eigenvalue weighted by Crippen LogP contribution is 2.43. The molecule has 0 radical (unpaired) electrons. The molecule has 0 aliphatic carbocycles. The fraction of sp³-hybridized carbons (Fsp3) is 0. The van der Waals surface area contributed by atoms with Crippen LogP contribution in [-0.4, -0.2) is 23.7 Å². The Balaban J connectivity index is 0.609. The summed E-state index contributed by atoms with van der Waals surface area (Å²) in [4.78, 5) is 10.9. The molecule has 0 atom stereocenters. The van der Waals surface area contributed by atoms with E-state index in [2.05, 4.69) is 335 Å². The van der Waals surface area contributed by atoms with Crippen LogP contribution in [-0.2, 0) is 0 Å². The minimum absolute atomic E-state index is 0.628. The molecule has 8 heteroatoms. The molecule has 0 unspecified atom stereocenters. The maximum atomic E-state index is 6.39. The van der Waals surface area contributed by atoms with Gasteiger partial charge in [-0.1, -0.05) is 212 Å². The maximum Gasteiger partial charge on any atom is 0.160 e. The molecule has 0 saturated carbocycles. The number of hydrogen-bond donors (Lipinski definition) is 0. The van der Waals surface area contributed by atoms with Gasteiger partial charge in [-0.05, 0) is 190 Å². The van der Waals surface area contributed by atoms with Gasteiger partial charge in [0.25, 0.3) is 0 Å². The van der Waals surface area contributed by atoms with Gasteiger partial charge >= 0.3 is 0 Å². The average Bonchev–Trinajstić information content (AvgIpc) is 1.49. The first-order chi connectivity index (χ1) is 53.5. The first-order valence-electron chi connectivity index (χ1n) is 36.6. The highest BCUT2D eigenvalue weighted by Gasteiger charge is 2.21. The van der Waals surface area contributed by atoms with Gasteiger partial charge in [0.1, 0.15) is 33.5 Å². The van der Waals surface area contributed by atoms with Gasteiger partial charge in [-0.3, -0.25) is 0 Å². The molecule has 23 aromatic rings. The fourth-order valence-corrected chi connectivity index (χ4v) is 17.1. The zero-order valence-electron chi connectivity index (χ0n) is 58.0. The molecule has 0 aliphatic heterocycles. The summed E-state index contributed by atoms with van der Waals surface area (Å²) in [5.74, 6) is 0.628. The Morgan fingerprint density at radius 1 is 0.167 bits per heavy atom. The van der Waals surface area contributed by atoms with E-state index in [4.69, 9.17) is 23.2 Å². The van der Waals surface area contributed by atoms with Crippen LogP contribution in [0.15, 0.2) is 371 Å². The lowest BCUT2D eigenvalue weighted by Gasteiger charge is -2.13. The predicted octanol–water partition coefficient (Wildman–Crippen LogP) is 27.1. The first kappa shape index (κ1) is 59.9. The summed E-state index contributed by atoms with van der Waals surface area (Å²) in [6.45, 7) is 0. The molecule has 108 heavy (non-hydrogen) atoms. The molecule has 7 aromatic heterocycles. The quantitative estimate of drug-likeness (QED) is 0.136. The Morgan fingerprint density at radius 3 is 0.759 bits per heavy atom. The molecule has 8 nitrogen and oxygen atoms in total. The van der Waals surface area contributed by atoms with Crippen molar-refractivity contribution >= 4 is 131 Å². The third-order valence-electron chi connectivity index (χ3n) is 22.3. The Labute approximate surface area is 617 Å². The molecule has 0 saturated heterocycles. The van der Waals surface area contributed by atoms with E-state index in [1.54, 1.807) is 0 Å². The van der Waals surface area contributed by atoms with Crippen LogP contribution in [0.3, 0.4) is 0 Å². The summed E-state index contributed by atoms with van der Waals surface area (Å²) in [6.07, 6.45) is 0. The van der Waals surface area contributed by atoms with Crippen LogP contribution < -0.4 is 0 Å². The summed E-state index contributed by atoms with van der Waals surface area (Å²) in [5.41, 5.74) is 28.6. The van der Waals surface area contributed by atoms with Crippen molar-refractivity contribution in [1.29, 1.82) is 0 Å². The normalized spacial score (nSPS) is 12.1. The van der Waals surface area contributed by atoms with E-state index >= 15 is 0 Å². The van der Waals surface area contributed by atoms with Crippen molar-refractivity contribution in [2.75, 3.05) is 0 Å².